The van der Waals surface area contributed by atoms with Crippen LogP contribution in [0.2, 0.25) is 0 Å². The third kappa shape index (κ3) is 4.08. The van der Waals surface area contributed by atoms with Gasteiger partial charge < -0.3 is 10.1 Å². The molecule has 0 aliphatic heterocycles. The summed E-state index contributed by atoms with van der Waals surface area (Å²) in [5.41, 5.74) is 2.40. The second-order valence-corrected chi connectivity index (χ2v) is 6.49. The molecule has 2 aromatic carbocycles. The van der Waals surface area contributed by atoms with E-state index in [2.05, 4.69) is 46.4 Å². The molecular formula is C18H20BrNO. The van der Waals surface area contributed by atoms with Crippen molar-refractivity contribution in [1.29, 1.82) is 0 Å². The van der Waals surface area contributed by atoms with Gasteiger partial charge in [-0.25, -0.2) is 0 Å². The van der Waals surface area contributed by atoms with Gasteiger partial charge in [0, 0.05) is 22.6 Å². The van der Waals surface area contributed by atoms with Gasteiger partial charge in [0.25, 0.3) is 0 Å². The maximum Gasteiger partial charge on any atom is 0.124 e. The standard InChI is InChI=1S/C18H20BrNO/c1-13(14-5-3-2-4-6-14)21-18-10-7-16(19)11-15(18)12-20-17-8-9-17/h2-7,10-11,13,17,20H,8-9,12H2,1H3. The molecule has 1 fully saturated rings. The van der Waals surface area contributed by atoms with Gasteiger partial charge in [-0.1, -0.05) is 46.3 Å². The Morgan fingerprint density at radius 1 is 1.19 bits per heavy atom. The van der Waals surface area contributed by atoms with Crippen molar-refractivity contribution in [2.45, 2.75) is 38.5 Å². The molecule has 3 rings (SSSR count). The topological polar surface area (TPSA) is 21.3 Å². The van der Waals surface area contributed by atoms with Gasteiger partial charge in [-0.3, -0.25) is 0 Å². The Morgan fingerprint density at radius 2 is 1.95 bits per heavy atom. The molecule has 1 aliphatic carbocycles. The Labute approximate surface area is 134 Å². The highest BCUT2D eigenvalue weighted by atomic mass is 79.9. The van der Waals surface area contributed by atoms with Crippen molar-refractivity contribution in [3.63, 3.8) is 0 Å². The summed E-state index contributed by atoms with van der Waals surface area (Å²) in [7, 11) is 0. The molecule has 0 heterocycles. The van der Waals surface area contributed by atoms with Crippen LogP contribution in [0.25, 0.3) is 0 Å². The lowest BCUT2D eigenvalue weighted by Crippen LogP contribution is -2.16. The summed E-state index contributed by atoms with van der Waals surface area (Å²) in [4.78, 5) is 0. The summed E-state index contributed by atoms with van der Waals surface area (Å²) in [6.45, 7) is 2.95. The van der Waals surface area contributed by atoms with Gasteiger partial charge in [0.2, 0.25) is 0 Å². The zero-order valence-electron chi connectivity index (χ0n) is 12.2. The largest absolute Gasteiger partial charge is 0.486 e. The Hall–Kier alpha value is -1.32. The second kappa shape index (κ2) is 6.63. The van der Waals surface area contributed by atoms with Crippen molar-refractivity contribution >= 4 is 15.9 Å². The lowest BCUT2D eigenvalue weighted by atomic mass is 10.1. The van der Waals surface area contributed by atoms with Crippen LogP contribution >= 0.6 is 15.9 Å². The highest BCUT2D eigenvalue weighted by Gasteiger charge is 2.21. The van der Waals surface area contributed by atoms with Crippen molar-refractivity contribution in [1.82, 2.24) is 5.32 Å². The number of benzene rings is 2. The molecule has 3 heteroatoms. The molecule has 2 nitrogen and oxygen atoms in total. The number of ether oxygens (including phenoxy) is 1. The quantitative estimate of drug-likeness (QED) is 0.808. The molecule has 1 unspecified atom stereocenters. The van der Waals surface area contributed by atoms with Crippen LogP contribution in [0.1, 0.15) is 37.0 Å². The molecule has 1 saturated carbocycles. The van der Waals surface area contributed by atoms with Crippen LogP contribution in [0, 0.1) is 0 Å². The summed E-state index contributed by atoms with van der Waals surface area (Å²) in [6, 6.07) is 17.3. The lowest BCUT2D eigenvalue weighted by molar-refractivity contribution is 0.224. The van der Waals surface area contributed by atoms with E-state index in [1.54, 1.807) is 0 Å². The van der Waals surface area contributed by atoms with Gasteiger partial charge in [0.15, 0.2) is 0 Å². The average molecular weight is 346 g/mol. The monoisotopic (exact) mass is 345 g/mol. The average Bonchev–Trinajstić information content (AvgIpc) is 3.32. The van der Waals surface area contributed by atoms with E-state index in [-0.39, 0.29) is 6.10 Å². The molecule has 0 bridgehead atoms. The van der Waals surface area contributed by atoms with Crippen LogP contribution < -0.4 is 10.1 Å². The highest BCUT2D eigenvalue weighted by molar-refractivity contribution is 9.10. The van der Waals surface area contributed by atoms with Crippen molar-refractivity contribution in [3.05, 3.63) is 64.1 Å². The minimum atomic E-state index is 0.0482. The fourth-order valence-corrected chi connectivity index (χ4v) is 2.73. The summed E-state index contributed by atoms with van der Waals surface area (Å²) < 4.78 is 7.27. The Morgan fingerprint density at radius 3 is 2.67 bits per heavy atom. The number of hydrogen-bond acceptors (Lipinski definition) is 2. The molecule has 0 aromatic heterocycles. The molecule has 1 aliphatic rings. The van der Waals surface area contributed by atoms with Gasteiger partial charge in [-0.05, 0) is 43.5 Å². The summed E-state index contributed by atoms with van der Waals surface area (Å²) >= 11 is 3.55. The molecular weight excluding hydrogens is 326 g/mol. The van der Waals surface area contributed by atoms with Gasteiger partial charge in [-0.15, -0.1) is 0 Å². The third-order valence-electron chi connectivity index (χ3n) is 3.75. The van der Waals surface area contributed by atoms with E-state index in [4.69, 9.17) is 4.74 Å². The zero-order valence-corrected chi connectivity index (χ0v) is 13.8. The van der Waals surface area contributed by atoms with Crippen LogP contribution in [0.15, 0.2) is 53.0 Å². The molecule has 0 spiro atoms. The zero-order chi connectivity index (χ0) is 14.7. The van der Waals surface area contributed by atoms with Crippen molar-refractivity contribution < 1.29 is 4.74 Å². The maximum absolute atomic E-state index is 6.18. The molecule has 2 aromatic rings. The molecule has 1 atom stereocenters. The van der Waals surface area contributed by atoms with Crippen molar-refractivity contribution in [3.8, 4) is 5.75 Å². The molecule has 0 radical (unpaired) electrons. The molecule has 1 N–H and O–H groups in total. The fourth-order valence-electron chi connectivity index (χ4n) is 2.33. The van der Waals surface area contributed by atoms with E-state index in [0.717, 1.165) is 16.8 Å². The number of nitrogens with one attached hydrogen (secondary N) is 1. The normalized spacial score (nSPS) is 15.7. The minimum Gasteiger partial charge on any atom is -0.486 e. The van der Waals surface area contributed by atoms with Crippen LogP contribution in [-0.4, -0.2) is 6.04 Å². The Kier molecular flexibility index (Phi) is 4.61. The number of hydrogen-bond donors (Lipinski definition) is 1. The predicted molar refractivity (Wildman–Crippen MR) is 89.5 cm³/mol. The van der Waals surface area contributed by atoms with Crippen LogP contribution in [0.5, 0.6) is 5.75 Å². The van der Waals surface area contributed by atoms with E-state index in [9.17, 15) is 0 Å². The SMILES string of the molecule is CC(Oc1ccc(Br)cc1CNC1CC1)c1ccccc1. The summed E-state index contributed by atoms with van der Waals surface area (Å²) in [5.74, 6) is 0.961. The van der Waals surface area contributed by atoms with E-state index < -0.39 is 0 Å². The molecule has 0 saturated heterocycles. The minimum absolute atomic E-state index is 0.0482. The summed E-state index contributed by atoms with van der Waals surface area (Å²) in [5, 5.41) is 3.55. The fraction of sp³-hybridized carbons (Fsp3) is 0.333. The molecule has 110 valence electrons. The van der Waals surface area contributed by atoms with Crippen molar-refractivity contribution in [2.24, 2.45) is 0 Å². The molecule has 0 amide bonds. The number of rotatable bonds is 6. The van der Waals surface area contributed by atoms with E-state index in [0.29, 0.717) is 6.04 Å². The number of halogens is 1. The second-order valence-electron chi connectivity index (χ2n) is 5.58. The van der Waals surface area contributed by atoms with Gasteiger partial charge in [-0.2, -0.15) is 0 Å². The van der Waals surface area contributed by atoms with Crippen LogP contribution in [-0.2, 0) is 6.54 Å². The summed E-state index contributed by atoms with van der Waals surface area (Å²) in [6.07, 6.45) is 2.64. The van der Waals surface area contributed by atoms with Gasteiger partial charge in [0.1, 0.15) is 11.9 Å². The van der Waals surface area contributed by atoms with E-state index in [1.807, 2.05) is 30.3 Å². The maximum atomic E-state index is 6.18. The van der Waals surface area contributed by atoms with Gasteiger partial charge in [0.05, 0.1) is 0 Å². The Balaban J connectivity index is 1.73. The first-order chi connectivity index (χ1) is 10.2. The first kappa shape index (κ1) is 14.6. The third-order valence-corrected chi connectivity index (χ3v) is 4.25. The first-order valence-corrected chi connectivity index (χ1v) is 8.25. The predicted octanol–water partition coefficient (Wildman–Crippen LogP) is 4.84. The van der Waals surface area contributed by atoms with E-state index >= 15 is 0 Å². The van der Waals surface area contributed by atoms with E-state index in [1.165, 1.54) is 24.0 Å². The van der Waals surface area contributed by atoms with Crippen LogP contribution in [0.3, 0.4) is 0 Å². The van der Waals surface area contributed by atoms with Gasteiger partial charge >= 0.3 is 0 Å². The molecule has 21 heavy (non-hydrogen) atoms. The van der Waals surface area contributed by atoms with Crippen LogP contribution in [0.4, 0.5) is 0 Å². The Bertz CT molecular complexity index is 595. The lowest BCUT2D eigenvalue weighted by Gasteiger charge is -2.18. The smallest absolute Gasteiger partial charge is 0.124 e. The first-order valence-electron chi connectivity index (χ1n) is 7.46. The van der Waals surface area contributed by atoms with Crippen molar-refractivity contribution in [2.75, 3.05) is 0 Å². The highest BCUT2D eigenvalue weighted by Crippen LogP contribution is 2.29.